The van der Waals surface area contributed by atoms with Crippen molar-refractivity contribution >= 4 is 27.8 Å². The van der Waals surface area contributed by atoms with Gasteiger partial charge >= 0.3 is 5.97 Å². The van der Waals surface area contributed by atoms with Gasteiger partial charge in [-0.1, -0.05) is 22.0 Å². The summed E-state index contributed by atoms with van der Waals surface area (Å²) in [4.78, 5) is 23.1. The van der Waals surface area contributed by atoms with E-state index in [0.29, 0.717) is 6.54 Å². The summed E-state index contributed by atoms with van der Waals surface area (Å²) in [6.45, 7) is 2.11. The van der Waals surface area contributed by atoms with Crippen LogP contribution in [0.4, 0.5) is 0 Å². The fraction of sp³-hybridized carbons (Fsp3) is 0.385. The summed E-state index contributed by atoms with van der Waals surface area (Å²) in [5, 5.41) is 11.8. The van der Waals surface area contributed by atoms with E-state index in [1.165, 1.54) is 0 Å². The lowest BCUT2D eigenvalue weighted by Gasteiger charge is -2.35. The molecule has 0 unspecified atom stereocenters. The molecule has 1 fully saturated rings. The summed E-state index contributed by atoms with van der Waals surface area (Å²) in [5.74, 6) is -1.63. The highest BCUT2D eigenvalue weighted by Gasteiger charge is 2.53. The second-order valence-electron chi connectivity index (χ2n) is 4.63. The van der Waals surface area contributed by atoms with E-state index in [-0.39, 0.29) is 13.2 Å². The Balaban J connectivity index is 2.04. The molecule has 1 aliphatic rings. The quantitative estimate of drug-likeness (QED) is 0.821. The van der Waals surface area contributed by atoms with Crippen molar-refractivity contribution < 1.29 is 19.4 Å². The van der Waals surface area contributed by atoms with Crippen molar-refractivity contribution in [2.75, 3.05) is 13.2 Å². The zero-order valence-electron chi connectivity index (χ0n) is 10.4. The maximum atomic E-state index is 12.0. The lowest BCUT2D eigenvalue weighted by atomic mass is 9.85. The zero-order valence-corrected chi connectivity index (χ0v) is 12.0. The topological polar surface area (TPSA) is 75.6 Å². The number of benzene rings is 1. The van der Waals surface area contributed by atoms with Crippen LogP contribution in [0.5, 0.6) is 0 Å². The van der Waals surface area contributed by atoms with Gasteiger partial charge in [0, 0.05) is 11.0 Å². The summed E-state index contributed by atoms with van der Waals surface area (Å²) in [7, 11) is 0. The molecule has 1 aliphatic heterocycles. The van der Waals surface area contributed by atoms with Crippen LogP contribution in [-0.2, 0) is 20.9 Å². The average molecular weight is 328 g/mol. The smallest absolute Gasteiger partial charge is 0.324 e. The highest BCUT2D eigenvalue weighted by Crippen LogP contribution is 2.28. The normalized spacial score (nSPS) is 16.5. The Morgan fingerprint density at radius 2 is 2.16 bits per heavy atom. The number of aliphatic carboxylic acids is 1. The van der Waals surface area contributed by atoms with Crippen LogP contribution in [0.15, 0.2) is 22.7 Å². The summed E-state index contributed by atoms with van der Waals surface area (Å²) >= 11 is 3.36. The Morgan fingerprint density at radius 3 is 2.68 bits per heavy atom. The number of amides is 1. The van der Waals surface area contributed by atoms with Crippen molar-refractivity contribution in [1.29, 1.82) is 0 Å². The van der Waals surface area contributed by atoms with Gasteiger partial charge < -0.3 is 15.2 Å². The van der Waals surface area contributed by atoms with Crippen LogP contribution in [0.1, 0.15) is 11.1 Å². The van der Waals surface area contributed by atoms with Crippen molar-refractivity contribution in [1.82, 2.24) is 5.32 Å². The fourth-order valence-electron chi connectivity index (χ4n) is 1.83. The predicted molar refractivity (Wildman–Crippen MR) is 71.6 cm³/mol. The van der Waals surface area contributed by atoms with Gasteiger partial charge in [0.1, 0.15) is 0 Å². The molecular formula is C13H14BrNO4. The minimum atomic E-state index is -1.42. The first-order valence-corrected chi connectivity index (χ1v) is 6.59. The number of carboxylic acid groups (broad SMARTS) is 1. The average Bonchev–Trinajstić information content (AvgIpc) is 2.28. The number of nitrogens with one attached hydrogen (secondary N) is 1. The van der Waals surface area contributed by atoms with Crippen molar-refractivity contribution in [3.8, 4) is 0 Å². The zero-order chi connectivity index (χ0) is 14.0. The number of halogens is 1. The summed E-state index contributed by atoms with van der Waals surface area (Å²) in [5.41, 5.74) is 0.571. The van der Waals surface area contributed by atoms with Gasteiger partial charge in [0.25, 0.3) is 0 Å². The SMILES string of the molecule is Cc1ccc(Br)cc1CNC(=O)C1(C(=O)O)COC1. The van der Waals surface area contributed by atoms with E-state index in [9.17, 15) is 9.59 Å². The van der Waals surface area contributed by atoms with Gasteiger partial charge in [-0.05, 0) is 30.2 Å². The molecular weight excluding hydrogens is 314 g/mol. The number of carbonyl (C=O) groups is 2. The fourth-order valence-corrected chi connectivity index (χ4v) is 2.24. The summed E-state index contributed by atoms with van der Waals surface area (Å²) in [6.07, 6.45) is 0. The standard InChI is InChI=1S/C13H14BrNO4/c1-8-2-3-10(14)4-9(8)5-15-11(16)13(12(17)18)6-19-7-13/h2-4H,5-7H2,1H3,(H,15,16)(H,17,18). The Kier molecular flexibility index (Phi) is 3.91. The number of hydrogen-bond donors (Lipinski definition) is 2. The second kappa shape index (κ2) is 5.30. The largest absolute Gasteiger partial charge is 0.480 e. The predicted octanol–water partition coefficient (Wildman–Crippen LogP) is 1.47. The third-order valence-corrected chi connectivity index (χ3v) is 3.78. The van der Waals surface area contributed by atoms with E-state index >= 15 is 0 Å². The van der Waals surface area contributed by atoms with E-state index in [1.807, 2.05) is 25.1 Å². The van der Waals surface area contributed by atoms with Crippen LogP contribution in [-0.4, -0.2) is 30.2 Å². The number of hydrogen-bond acceptors (Lipinski definition) is 3. The van der Waals surface area contributed by atoms with E-state index in [0.717, 1.165) is 15.6 Å². The maximum Gasteiger partial charge on any atom is 0.324 e. The Morgan fingerprint density at radius 1 is 1.47 bits per heavy atom. The van der Waals surface area contributed by atoms with Gasteiger partial charge in [0.05, 0.1) is 13.2 Å². The van der Waals surface area contributed by atoms with Gasteiger partial charge in [-0.15, -0.1) is 0 Å². The minimum Gasteiger partial charge on any atom is -0.480 e. The molecule has 1 heterocycles. The molecule has 0 aromatic heterocycles. The van der Waals surface area contributed by atoms with Crippen molar-refractivity contribution in [2.24, 2.45) is 5.41 Å². The minimum absolute atomic E-state index is 0.0639. The van der Waals surface area contributed by atoms with Crippen molar-refractivity contribution in [2.45, 2.75) is 13.5 Å². The van der Waals surface area contributed by atoms with Crippen LogP contribution >= 0.6 is 15.9 Å². The third kappa shape index (κ3) is 2.64. The monoisotopic (exact) mass is 327 g/mol. The van der Waals surface area contributed by atoms with Crippen LogP contribution in [0, 0.1) is 12.3 Å². The van der Waals surface area contributed by atoms with E-state index in [4.69, 9.17) is 9.84 Å². The van der Waals surface area contributed by atoms with Gasteiger partial charge in [-0.2, -0.15) is 0 Å². The van der Waals surface area contributed by atoms with Crippen molar-refractivity contribution in [3.05, 3.63) is 33.8 Å². The lowest BCUT2D eigenvalue weighted by Crippen LogP contribution is -2.58. The molecule has 6 heteroatoms. The molecule has 0 aliphatic carbocycles. The molecule has 2 N–H and O–H groups in total. The summed E-state index contributed by atoms with van der Waals surface area (Å²) in [6, 6.07) is 5.75. The van der Waals surface area contributed by atoms with Gasteiger partial charge in [-0.25, -0.2) is 0 Å². The first-order valence-electron chi connectivity index (χ1n) is 5.80. The first kappa shape index (κ1) is 14.0. The highest BCUT2D eigenvalue weighted by atomic mass is 79.9. The molecule has 0 radical (unpaired) electrons. The lowest BCUT2D eigenvalue weighted by molar-refractivity contribution is -0.185. The van der Waals surface area contributed by atoms with Crippen LogP contribution in [0.2, 0.25) is 0 Å². The molecule has 1 saturated heterocycles. The molecule has 102 valence electrons. The number of rotatable bonds is 4. The number of ether oxygens (including phenoxy) is 1. The molecule has 1 amide bonds. The van der Waals surface area contributed by atoms with E-state index in [2.05, 4.69) is 21.2 Å². The molecule has 0 atom stereocenters. The Hall–Kier alpha value is -1.40. The highest BCUT2D eigenvalue weighted by molar-refractivity contribution is 9.10. The van der Waals surface area contributed by atoms with Crippen LogP contribution in [0.25, 0.3) is 0 Å². The van der Waals surface area contributed by atoms with E-state index < -0.39 is 17.3 Å². The third-order valence-electron chi connectivity index (χ3n) is 3.29. The van der Waals surface area contributed by atoms with Gasteiger partial charge in [-0.3, -0.25) is 9.59 Å². The first-order chi connectivity index (χ1) is 8.95. The number of carbonyl (C=O) groups excluding carboxylic acids is 1. The molecule has 5 nitrogen and oxygen atoms in total. The Labute approximate surface area is 119 Å². The number of aryl methyl sites for hydroxylation is 1. The molecule has 0 saturated carbocycles. The second-order valence-corrected chi connectivity index (χ2v) is 5.55. The van der Waals surface area contributed by atoms with Crippen LogP contribution < -0.4 is 5.32 Å². The van der Waals surface area contributed by atoms with Gasteiger partial charge in [0.2, 0.25) is 5.91 Å². The van der Waals surface area contributed by atoms with Gasteiger partial charge in [0.15, 0.2) is 5.41 Å². The molecule has 2 rings (SSSR count). The molecule has 0 bridgehead atoms. The van der Waals surface area contributed by atoms with Crippen LogP contribution in [0.3, 0.4) is 0 Å². The molecule has 0 spiro atoms. The van der Waals surface area contributed by atoms with E-state index in [1.54, 1.807) is 0 Å². The summed E-state index contributed by atoms with van der Waals surface area (Å²) < 4.78 is 5.79. The molecule has 1 aromatic rings. The molecule has 19 heavy (non-hydrogen) atoms. The maximum absolute atomic E-state index is 12.0. The number of carboxylic acids is 1. The Bertz CT molecular complexity index is 525. The van der Waals surface area contributed by atoms with Crippen molar-refractivity contribution in [3.63, 3.8) is 0 Å². The molecule has 1 aromatic carbocycles.